The number of rotatable bonds is 1. The second-order valence-corrected chi connectivity index (χ2v) is 4.19. The standard InChI is InChI=1S/C10H13NO3/c12-8(13)7-6-10(9(14)11-7)4-2-1-3-5-10/h1-6H2,(H,12,13). The Morgan fingerprint density at radius 2 is 1.93 bits per heavy atom. The van der Waals surface area contributed by atoms with Gasteiger partial charge in [-0.05, 0) is 12.8 Å². The number of carbonyl (C=O) groups excluding carboxylic acids is 1. The van der Waals surface area contributed by atoms with Crippen molar-refractivity contribution in [3.63, 3.8) is 0 Å². The normalized spacial score (nSPS) is 25.1. The molecule has 4 heteroatoms. The van der Waals surface area contributed by atoms with Gasteiger partial charge in [0.05, 0.1) is 5.41 Å². The number of carboxylic acids is 1. The molecule has 0 atom stereocenters. The van der Waals surface area contributed by atoms with Crippen LogP contribution in [0.3, 0.4) is 0 Å². The molecule has 1 heterocycles. The highest BCUT2D eigenvalue weighted by atomic mass is 16.4. The van der Waals surface area contributed by atoms with E-state index < -0.39 is 11.4 Å². The van der Waals surface area contributed by atoms with E-state index in [1.165, 1.54) is 0 Å². The molecule has 1 amide bonds. The van der Waals surface area contributed by atoms with Gasteiger partial charge in [0.2, 0.25) is 0 Å². The Hall–Kier alpha value is -1.19. The lowest BCUT2D eigenvalue weighted by Gasteiger charge is -2.29. The fourth-order valence-electron chi connectivity index (χ4n) is 2.42. The first-order valence-electron chi connectivity index (χ1n) is 4.99. The van der Waals surface area contributed by atoms with E-state index in [9.17, 15) is 9.59 Å². The summed E-state index contributed by atoms with van der Waals surface area (Å²) in [7, 11) is 0. The Morgan fingerprint density at radius 3 is 2.43 bits per heavy atom. The number of aliphatic carboxylic acids is 1. The van der Waals surface area contributed by atoms with Crippen molar-refractivity contribution < 1.29 is 14.7 Å². The summed E-state index contributed by atoms with van der Waals surface area (Å²) in [5.74, 6) is -1.24. The smallest absolute Gasteiger partial charge is 0.350 e. The second kappa shape index (κ2) is 3.19. The molecule has 0 aromatic rings. The molecule has 4 nitrogen and oxygen atoms in total. The van der Waals surface area contributed by atoms with Gasteiger partial charge in [-0.1, -0.05) is 19.3 Å². The average Bonchev–Trinajstić information content (AvgIpc) is 2.46. The SMILES string of the molecule is O=C(O)C1=NC(=O)C2(CCCCC2)C1. The Balaban J connectivity index is 2.18. The van der Waals surface area contributed by atoms with Crippen LogP contribution in [0.15, 0.2) is 4.99 Å². The van der Waals surface area contributed by atoms with Crippen molar-refractivity contribution >= 4 is 17.6 Å². The van der Waals surface area contributed by atoms with Crippen LogP contribution in [-0.4, -0.2) is 22.7 Å². The van der Waals surface area contributed by atoms with Crippen LogP contribution in [0.1, 0.15) is 38.5 Å². The summed E-state index contributed by atoms with van der Waals surface area (Å²) in [5, 5.41) is 8.76. The van der Waals surface area contributed by atoms with Gasteiger partial charge in [-0.2, -0.15) is 0 Å². The van der Waals surface area contributed by atoms with Crippen molar-refractivity contribution in [1.29, 1.82) is 0 Å². The fraction of sp³-hybridized carbons (Fsp3) is 0.700. The maximum absolute atomic E-state index is 11.6. The molecule has 1 fully saturated rings. The van der Waals surface area contributed by atoms with E-state index in [1.807, 2.05) is 0 Å². The van der Waals surface area contributed by atoms with Gasteiger partial charge in [-0.3, -0.25) is 4.79 Å². The molecule has 0 aromatic carbocycles. The van der Waals surface area contributed by atoms with Gasteiger partial charge in [0.15, 0.2) is 0 Å². The third kappa shape index (κ3) is 1.35. The van der Waals surface area contributed by atoms with Crippen molar-refractivity contribution in [2.24, 2.45) is 10.4 Å². The number of nitrogens with zero attached hydrogens (tertiary/aromatic N) is 1. The minimum Gasteiger partial charge on any atom is -0.477 e. The number of carbonyl (C=O) groups is 2. The molecule has 0 radical (unpaired) electrons. The monoisotopic (exact) mass is 195 g/mol. The van der Waals surface area contributed by atoms with Crippen LogP contribution in [0.2, 0.25) is 0 Å². The predicted octanol–water partition coefficient (Wildman–Crippen LogP) is 1.39. The van der Waals surface area contributed by atoms with Crippen LogP contribution in [0, 0.1) is 5.41 Å². The summed E-state index contributed by atoms with van der Waals surface area (Å²) in [6.07, 6.45) is 5.17. The van der Waals surface area contributed by atoms with Crippen LogP contribution in [0.5, 0.6) is 0 Å². The highest BCUT2D eigenvalue weighted by molar-refractivity contribution is 6.39. The molecule has 1 spiro atoms. The first kappa shape index (κ1) is 9.37. The summed E-state index contributed by atoms with van der Waals surface area (Å²) in [6.45, 7) is 0. The zero-order valence-electron chi connectivity index (χ0n) is 7.95. The number of hydrogen-bond acceptors (Lipinski definition) is 2. The van der Waals surface area contributed by atoms with Gasteiger partial charge in [-0.25, -0.2) is 9.79 Å². The van der Waals surface area contributed by atoms with Crippen LogP contribution < -0.4 is 0 Å². The van der Waals surface area contributed by atoms with E-state index in [0.29, 0.717) is 6.42 Å². The maximum Gasteiger partial charge on any atom is 0.350 e. The Morgan fingerprint density at radius 1 is 1.29 bits per heavy atom. The van der Waals surface area contributed by atoms with Crippen LogP contribution in [0.25, 0.3) is 0 Å². The van der Waals surface area contributed by atoms with Gasteiger partial charge in [0, 0.05) is 6.42 Å². The number of hydrogen-bond donors (Lipinski definition) is 1. The Labute approximate surface area is 82.0 Å². The molecule has 1 saturated carbocycles. The molecule has 2 aliphatic rings. The minimum absolute atomic E-state index is 0.0527. The summed E-state index contributed by atoms with van der Waals surface area (Å²) in [4.78, 5) is 25.9. The maximum atomic E-state index is 11.6. The lowest BCUT2D eigenvalue weighted by molar-refractivity contribution is -0.129. The molecule has 1 aliphatic heterocycles. The van der Waals surface area contributed by atoms with E-state index in [0.717, 1.165) is 32.1 Å². The molecule has 0 unspecified atom stereocenters. The predicted molar refractivity (Wildman–Crippen MR) is 50.2 cm³/mol. The Bertz CT molecular complexity index is 313. The molecule has 76 valence electrons. The van der Waals surface area contributed by atoms with E-state index >= 15 is 0 Å². The molecular weight excluding hydrogens is 182 g/mol. The molecule has 0 bridgehead atoms. The Kier molecular flexibility index (Phi) is 2.13. The molecule has 0 saturated heterocycles. The van der Waals surface area contributed by atoms with Gasteiger partial charge < -0.3 is 5.11 Å². The van der Waals surface area contributed by atoms with Gasteiger partial charge in [0.1, 0.15) is 5.71 Å². The number of amides is 1. The molecule has 14 heavy (non-hydrogen) atoms. The third-order valence-electron chi connectivity index (χ3n) is 3.25. The number of aliphatic imine (C=N–C) groups is 1. The lowest BCUT2D eigenvalue weighted by Crippen LogP contribution is -2.30. The van der Waals surface area contributed by atoms with Crippen LogP contribution in [-0.2, 0) is 9.59 Å². The van der Waals surface area contributed by atoms with Gasteiger partial charge in [0.25, 0.3) is 5.91 Å². The van der Waals surface area contributed by atoms with Crippen molar-refractivity contribution in [3.05, 3.63) is 0 Å². The van der Waals surface area contributed by atoms with E-state index in [2.05, 4.69) is 4.99 Å². The molecule has 2 rings (SSSR count). The average molecular weight is 195 g/mol. The third-order valence-corrected chi connectivity index (χ3v) is 3.25. The van der Waals surface area contributed by atoms with Crippen LogP contribution in [0.4, 0.5) is 0 Å². The molecular formula is C10H13NO3. The first-order valence-corrected chi connectivity index (χ1v) is 4.99. The molecule has 1 aliphatic carbocycles. The van der Waals surface area contributed by atoms with Crippen molar-refractivity contribution in [2.75, 3.05) is 0 Å². The summed E-state index contributed by atoms with van der Waals surface area (Å²) < 4.78 is 0. The number of carboxylic acid groups (broad SMARTS) is 1. The zero-order chi connectivity index (χ0) is 10.2. The largest absolute Gasteiger partial charge is 0.477 e. The van der Waals surface area contributed by atoms with Crippen molar-refractivity contribution in [3.8, 4) is 0 Å². The van der Waals surface area contributed by atoms with Crippen LogP contribution >= 0.6 is 0 Å². The second-order valence-electron chi connectivity index (χ2n) is 4.19. The highest BCUT2D eigenvalue weighted by Crippen LogP contribution is 2.43. The summed E-state index contributed by atoms with van der Waals surface area (Å²) in [6, 6.07) is 0. The minimum atomic E-state index is -1.04. The van der Waals surface area contributed by atoms with Crippen molar-refractivity contribution in [1.82, 2.24) is 0 Å². The van der Waals surface area contributed by atoms with Crippen molar-refractivity contribution in [2.45, 2.75) is 38.5 Å². The summed E-state index contributed by atoms with van der Waals surface area (Å²) in [5.41, 5.74) is -0.386. The quantitative estimate of drug-likeness (QED) is 0.687. The van der Waals surface area contributed by atoms with E-state index in [4.69, 9.17) is 5.11 Å². The highest BCUT2D eigenvalue weighted by Gasteiger charge is 2.46. The topological polar surface area (TPSA) is 66.7 Å². The van der Waals surface area contributed by atoms with Gasteiger partial charge in [-0.15, -0.1) is 0 Å². The molecule has 0 aromatic heterocycles. The van der Waals surface area contributed by atoms with E-state index in [-0.39, 0.29) is 11.6 Å². The van der Waals surface area contributed by atoms with E-state index in [1.54, 1.807) is 0 Å². The first-order chi connectivity index (χ1) is 6.64. The molecule has 1 N–H and O–H groups in total. The lowest BCUT2D eigenvalue weighted by atomic mass is 9.72. The zero-order valence-corrected chi connectivity index (χ0v) is 7.95. The fourth-order valence-corrected chi connectivity index (χ4v) is 2.42. The van der Waals surface area contributed by atoms with Gasteiger partial charge >= 0.3 is 5.97 Å². The summed E-state index contributed by atoms with van der Waals surface area (Å²) >= 11 is 0.